The summed E-state index contributed by atoms with van der Waals surface area (Å²) in [6.07, 6.45) is 3.79. The number of para-hydroxylation sites is 1. The van der Waals surface area contributed by atoms with Crippen molar-refractivity contribution in [3.05, 3.63) is 42.1 Å². The van der Waals surface area contributed by atoms with Gasteiger partial charge in [-0.25, -0.2) is 13.1 Å². The molecule has 3 rings (SSSR count). The summed E-state index contributed by atoms with van der Waals surface area (Å²) in [5, 5.41) is 13.6. The summed E-state index contributed by atoms with van der Waals surface area (Å²) >= 11 is 0. The van der Waals surface area contributed by atoms with Crippen LogP contribution in [0.1, 0.15) is 30.9 Å². The zero-order valence-electron chi connectivity index (χ0n) is 14.6. The number of rotatable bonds is 7. The predicted octanol–water partition coefficient (Wildman–Crippen LogP) is 1.10. The van der Waals surface area contributed by atoms with Crippen molar-refractivity contribution in [1.29, 1.82) is 0 Å². The van der Waals surface area contributed by atoms with Gasteiger partial charge in [0.15, 0.2) is 0 Å². The third-order valence-electron chi connectivity index (χ3n) is 4.62. The van der Waals surface area contributed by atoms with Crippen LogP contribution in [0.4, 0.5) is 0 Å². The van der Waals surface area contributed by atoms with Gasteiger partial charge in [-0.2, -0.15) is 0 Å². The summed E-state index contributed by atoms with van der Waals surface area (Å²) in [6, 6.07) is 9.51. The molecule has 1 atom stereocenters. The van der Waals surface area contributed by atoms with Crippen molar-refractivity contribution in [2.45, 2.75) is 31.4 Å². The number of pyridine rings is 1. The Morgan fingerprint density at radius 2 is 2.08 bits per heavy atom. The molecule has 0 unspecified atom stereocenters. The topological polar surface area (TPSA) is 108 Å². The highest BCUT2D eigenvalue weighted by atomic mass is 32.2. The first-order valence-electron chi connectivity index (χ1n) is 8.58. The van der Waals surface area contributed by atoms with E-state index in [1.165, 1.54) is 0 Å². The van der Waals surface area contributed by atoms with E-state index in [0.29, 0.717) is 12.8 Å². The van der Waals surface area contributed by atoms with E-state index < -0.39 is 10.0 Å². The summed E-state index contributed by atoms with van der Waals surface area (Å²) in [6.45, 7) is 0.0562. The fourth-order valence-corrected chi connectivity index (χ4v) is 3.70. The van der Waals surface area contributed by atoms with E-state index in [1.807, 2.05) is 30.3 Å². The Bertz CT molecular complexity index is 894. The summed E-state index contributed by atoms with van der Waals surface area (Å²) in [5.41, 5.74) is 1.78. The molecule has 7 nitrogen and oxygen atoms in total. The number of aliphatic hydroxyl groups is 1. The van der Waals surface area contributed by atoms with Gasteiger partial charge in [0, 0.05) is 24.5 Å². The molecule has 1 aromatic heterocycles. The molecule has 1 heterocycles. The van der Waals surface area contributed by atoms with Gasteiger partial charge in [0.1, 0.15) is 0 Å². The van der Waals surface area contributed by atoms with Gasteiger partial charge < -0.3 is 10.4 Å². The number of aliphatic hydroxyl groups excluding tert-OH is 1. The van der Waals surface area contributed by atoms with Crippen molar-refractivity contribution in [3.8, 4) is 0 Å². The number of carbonyl (C=O) groups excluding carboxylic acids is 1. The van der Waals surface area contributed by atoms with Crippen LogP contribution in [-0.4, -0.2) is 43.3 Å². The second-order valence-electron chi connectivity index (χ2n) is 6.81. The number of amides is 1. The van der Waals surface area contributed by atoms with Gasteiger partial charge in [0.25, 0.3) is 0 Å². The van der Waals surface area contributed by atoms with Gasteiger partial charge in [-0.05, 0) is 36.5 Å². The Labute approximate surface area is 152 Å². The molecular weight excluding hydrogens is 354 g/mol. The minimum Gasteiger partial charge on any atom is -0.393 e. The van der Waals surface area contributed by atoms with E-state index in [-0.39, 0.29) is 36.9 Å². The van der Waals surface area contributed by atoms with Crippen LogP contribution in [0.5, 0.6) is 0 Å². The smallest absolute Gasteiger partial charge is 0.221 e. The van der Waals surface area contributed by atoms with E-state index >= 15 is 0 Å². The molecule has 26 heavy (non-hydrogen) atoms. The fourth-order valence-electron chi connectivity index (χ4n) is 3.23. The molecule has 0 radical (unpaired) electrons. The Morgan fingerprint density at radius 3 is 2.77 bits per heavy atom. The molecule has 8 heteroatoms. The van der Waals surface area contributed by atoms with Crippen molar-refractivity contribution < 1.29 is 18.3 Å². The van der Waals surface area contributed by atoms with E-state index in [4.69, 9.17) is 0 Å². The highest BCUT2D eigenvalue weighted by Crippen LogP contribution is 2.38. The molecule has 0 aliphatic heterocycles. The maximum Gasteiger partial charge on any atom is 0.221 e. The minimum absolute atomic E-state index is 0.0554. The van der Waals surface area contributed by atoms with Crippen LogP contribution in [0.2, 0.25) is 0 Å². The summed E-state index contributed by atoms with van der Waals surface area (Å²) in [4.78, 5) is 16.7. The van der Waals surface area contributed by atoms with Crippen LogP contribution in [-0.2, 0) is 14.8 Å². The highest BCUT2D eigenvalue weighted by Gasteiger charge is 2.35. The van der Waals surface area contributed by atoms with E-state index in [1.54, 1.807) is 6.20 Å². The molecule has 3 N–H and O–H groups in total. The lowest BCUT2D eigenvalue weighted by Gasteiger charge is -2.38. The average molecular weight is 377 g/mol. The Morgan fingerprint density at radius 1 is 1.35 bits per heavy atom. The zero-order chi connectivity index (χ0) is 18.7. The molecule has 2 aromatic rings. The van der Waals surface area contributed by atoms with Crippen molar-refractivity contribution in [2.24, 2.45) is 5.92 Å². The van der Waals surface area contributed by atoms with Crippen LogP contribution >= 0.6 is 0 Å². The fraction of sp³-hybridized carbons (Fsp3) is 0.444. The molecule has 1 amide bonds. The van der Waals surface area contributed by atoms with E-state index in [0.717, 1.165) is 22.7 Å². The number of nitrogens with zero attached hydrogens (tertiary/aromatic N) is 1. The standard InChI is InChI=1S/C18H23N3O4S/c1-26(24,25)20-7-6-17(23)21-18(13-9-15(22)10-13)14-8-12-4-2-3-5-16(12)19-11-14/h2-5,8,11,13,15,18,20,22H,6-7,9-10H2,1H3,(H,21,23)/t13?,15?,18-/m0/s1. The number of carbonyl (C=O) groups is 1. The van der Waals surface area contributed by atoms with Gasteiger partial charge in [-0.15, -0.1) is 0 Å². The van der Waals surface area contributed by atoms with E-state index in [2.05, 4.69) is 15.0 Å². The van der Waals surface area contributed by atoms with Crippen molar-refractivity contribution >= 4 is 26.8 Å². The number of hydrogen-bond acceptors (Lipinski definition) is 5. The predicted molar refractivity (Wildman–Crippen MR) is 98.8 cm³/mol. The SMILES string of the molecule is CS(=O)(=O)NCCC(=O)N[C@H](c1cnc2ccccc2c1)C1CC(O)C1. The molecule has 1 saturated carbocycles. The number of hydrogen-bond donors (Lipinski definition) is 3. The van der Waals surface area contributed by atoms with Crippen molar-refractivity contribution in [2.75, 3.05) is 12.8 Å². The Kier molecular flexibility index (Phi) is 5.55. The van der Waals surface area contributed by atoms with E-state index in [9.17, 15) is 18.3 Å². The lowest BCUT2D eigenvalue weighted by atomic mass is 9.75. The second kappa shape index (κ2) is 7.69. The maximum absolute atomic E-state index is 12.3. The number of fused-ring (bicyclic) bond motifs is 1. The first kappa shape index (κ1) is 18.8. The van der Waals surface area contributed by atoms with Crippen LogP contribution in [0.25, 0.3) is 10.9 Å². The number of nitrogens with one attached hydrogen (secondary N) is 2. The summed E-state index contributed by atoms with van der Waals surface area (Å²) < 4.78 is 24.5. The van der Waals surface area contributed by atoms with Crippen molar-refractivity contribution in [3.63, 3.8) is 0 Å². The first-order valence-corrected chi connectivity index (χ1v) is 10.5. The van der Waals surface area contributed by atoms with Crippen LogP contribution < -0.4 is 10.0 Å². The minimum atomic E-state index is -3.31. The molecule has 0 saturated heterocycles. The normalized spacial score (nSPS) is 21.2. The van der Waals surface area contributed by atoms with Gasteiger partial charge >= 0.3 is 0 Å². The first-order chi connectivity index (χ1) is 12.3. The van der Waals surface area contributed by atoms with Gasteiger partial charge in [0.2, 0.25) is 15.9 Å². The monoisotopic (exact) mass is 377 g/mol. The lowest BCUT2D eigenvalue weighted by molar-refractivity contribution is -0.122. The third-order valence-corrected chi connectivity index (χ3v) is 5.35. The molecule has 0 bridgehead atoms. The van der Waals surface area contributed by atoms with Gasteiger partial charge in [-0.3, -0.25) is 9.78 Å². The highest BCUT2D eigenvalue weighted by molar-refractivity contribution is 7.88. The lowest BCUT2D eigenvalue weighted by Crippen LogP contribution is -2.42. The molecule has 1 aliphatic rings. The van der Waals surface area contributed by atoms with Gasteiger partial charge in [0.05, 0.1) is 23.9 Å². The summed E-state index contributed by atoms with van der Waals surface area (Å²) in [7, 11) is -3.31. The van der Waals surface area contributed by atoms with Crippen LogP contribution in [0.3, 0.4) is 0 Å². The summed E-state index contributed by atoms with van der Waals surface area (Å²) in [5.74, 6) is -0.0968. The quantitative estimate of drug-likeness (QED) is 0.670. The Balaban J connectivity index is 1.73. The van der Waals surface area contributed by atoms with Crippen molar-refractivity contribution in [1.82, 2.24) is 15.0 Å². The molecule has 140 valence electrons. The maximum atomic E-state index is 12.3. The zero-order valence-corrected chi connectivity index (χ0v) is 15.4. The average Bonchev–Trinajstić information content (AvgIpc) is 2.55. The molecular formula is C18H23N3O4S. The third kappa shape index (κ3) is 4.78. The molecule has 1 fully saturated rings. The number of aromatic nitrogens is 1. The second-order valence-corrected chi connectivity index (χ2v) is 8.64. The number of sulfonamides is 1. The van der Waals surface area contributed by atoms with Crippen LogP contribution in [0.15, 0.2) is 36.5 Å². The van der Waals surface area contributed by atoms with Crippen LogP contribution in [0, 0.1) is 5.92 Å². The number of benzene rings is 1. The van der Waals surface area contributed by atoms with Gasteiger partial charge in [-0.1, -0.05) is 18.2 Å². The largest absolute Gasteiger partial charge is 0.393 e. The molecule has 1 aliphatic carbocycles. The Hall–Kier alpha value is -2.03. The molecule has 1 aromatic carbocycles. The molecule has 0 spiro atoms.